The second-order valence-corrected chi connectivity index (χ2v) is 6.21. The van der Waals surface area contributed by atoms with Gasteiger partial charge in [0.05, 0.1) is 4.90 Å². The van der Waals surface area contributed by atoms with Crippen molar-refractivity contribution < 1.29 is 17.8 Å². The molecule has 0 aromatic heterocycles. The second-order valence-electron chi connectivity index (χ2n) is 4.79. The predicted octanol–water partition coefficient (Wildman–Crippen LogP) is 3.03. The second kappa shape index (κ2) is 7.08. The fourth-order valence-electron chi connectivity index (χ4n) is 1.86. The third kappa shape index (κ3) is 4.94. The van der Waals surface area contributed by atoms with Gasteiger partial charge in [-0.2, -0.15) is 8.42 Å². The van der Waals surface area contributed by atoms with E-state index in [1.807, 2.05) is 31.2 Å². The number of hydrogen-bond acceptors (Lipinski definition) is 3. The van der Waals surface area contributed by atoms with Crippen LogP contribution in [0.4, 0.5) is 10.5 Å². The number of carbonyl (C=O) groups excluding carboxylic acids is 1. The molecule has 2 aromatic rings. The zero-order chi connectivity index (χ0) is 16.9. The van der Waals surface area contributed by atoms with Gasteiger partial charge in [0.1, 0.15) is 0 Å². The predicted molar refractivity (Wildman–Crippen MR) is 88.6 cm³/mol. The van der Waals surface area contributed by atoms with Crippen LogP contribution in [-0.2, 0) is 10.1 Å². The number of amides is 2. The molecular formula is C16H16N2O4S. The first-order valence-corrected chi connectivity index (χ1v) is 8.17. The van der Waals surface area contributed by atoms with E-state index in [1.54, 1.807) is 6.08 Å². The Labute approximate surface area is 134 Å². The van der Waals surface area contributed by atoms with Gasteiger partial charge < -0.3 is 10.6 Å². The minimum atomic E-state index is -4.24. The maximum absolute atomic E-state index is 11.7. The molecule has 0 bridgehead atoms. The van der Waals surface area contributed by atoms with E-state index in [2.05, 4.69) is 10.6 Å². The molecule has 2 rings (SSSR count). The Morgan fingerprint density at radius 2 is 1.74 bits per heavy atom. The van der Waals surface area contributed by atoms with Crippen LogP contribution in [0.15, 0.2) is 59.6 Å². The molecule has 0 aliphatic heterocycles. The molecule has 0 heterocycles. The lowest BCUT2D eigenvalue weighted by molar-refractivity contribution is 0.255. The van der Waals surface area contributed by atoms with Crippen LogP contribution in [0.25, 0.3) is 6.08 Å². The molecule has 3 N–H and O–H groups in total. The average Bonchev–Trinajstić information content (AvgIpc) is 2.49. The molecule has 7 heteroatoms. The third-order valence-corrected chi connectivity index (χ3v) is 3.94. The maximum Gasteiger partial charge on any atom is 0.323 e. The molecule has 23 heavy (non-hydrogen) atoms. The summed E-state index contributed by atoms with van der Waals surface area (Å²) in [5.41, 5.74) is 2.48. The van der Waals surface area contributed by atoms with Gasteiger partial charge in [-0.15, -0.1) is 0 Å². The molecular weight excluding hydrogens is 316 g/mol. The van der Waals surface area contributed by atoms with Crippen LogP contribution in [0.2, 0.25) is 0 Å². The molecule has 0 radical (unpaired) electrons. The van der Waals surface area contributed by atoms with Crippen molar-refractivity contribution in [2.75, 3.05) is 5.32 Å². The summed E-state index contributed by atoms with van der Waals surface area (Å²) < 4.78 is 30.7. The minimum absolute atomic E-state index is 0.233. The van der Waals surface area contributed by atoms with Crippen molar-refractivity contribution in [2.24, 2.45) is 0 Å². The van der Waals surface area contributed by atoms with E-state index in [0.717, 1.165) is 11.1 Å². The van der Waals surface area contributed by atoms with Gasteiger partial charge >= 0.3 is 6.03 Å². The van der Waals surface area contributed by atoms with Crippen LogP contribution < -0.4 is 10.6 Å². The van der Waals surface area contributed by atoms with E-state index >= 15 is 0 Å². The molecule has 2 aromatic carbocycles. The normalized spacial score (nSPS) is 11.4. The van der Waals surface area contributed by atoms with Gasteiger partial charge in [0.25, 0.3) is 10.1 Å². The summed E-state index contributed by atoms with van der Waals surface area (Å²) in [6.07, 6.45) is 3.29. The molecule has 0 saturated carbocycles. The summed E-state index contributed by atoms with van der Waals surface area (Å²) >= 11 is 0. The third-order valence-electron chi connectivity index (χ3n) is 3.08. The van der Waals surface area contributed by atoms with Gasteiger partial charge in [-0.1, -0.05) is 24.3 Å². The Hall–Kier alpha value is -2.64. The zero-order valence-corrected chi connectivity index (χ0v) is 13.2. The Balaban J connectivity index is 1.94. The van der Waals surface area contributed by atoms with Crippen molar-refractivity contribution >= 4 is 27.9 Å². The van der Waals surface area contributed by atoms with E-state index in [1.165, 1.54) is 30.5 Å². The topological polar surface area (TPSA) is 95.5 Å². The summed E-state index contributed by atoms with van der Waals surface area (Å²) in [6.45, 7) is 1.97. The lowest BCUT2D eigenvalue weighted by Crippen LogP contribution is -2.23. The van der Waals surface area contributed by atoms with Crippen molar-refractivity contribution in [3.63, 3.8) is 0 Å². The summed E-state index contributed by atoms with van der Waals surface area (Å²) in [6, 6.07) is 12.4. The van der Waals surface area contributed by atoms with Crippen molar-refractivity contribution in [1.82, 2.24) is 5.32 Å². The van der Waals surface area contributed by atoms with Crippen LogP contribution in [-0.4, -0.2) is 19.0 Å². The summed E-state index contributed by atoms with van der Waals surface area (Å²) in [5, 5.41) is 5.10. The van der Waals surface area contributed by atoms with Gasteiger partial charge in [0.2, 0.25) is 0 Å². The Morgan fingerprint density at radius 1 is 1.09 bits per heavy atom. The molecule has 0 saturated heterocycles. The van der Waals surface area contributed by atoms with Gasteiger partial charge in [0, 0.05) is 11.9 Å². The number of carbonyl (C=O) groups is 1. The smallest absolute Gasteiger partial charge is 0.314 e. The fraction of sp³-hybridized carbons (Fsp3) is 0.0625. The average molecular weight is 332 g/mol. The van der Waals surface area contributed by atoms with Crippen LogP contribution >= 0.6 is 0 Å². The zero-order valence-electron chi connectivity index (χ0n) is 12.4. The molecule has 120 valence electrons. The number of anilines is 1. The van der Waals surface area contributed by atoms with Gasteiger partial charge in [0.15, 0.2) is 0 Å². The first-order valence-electron chi connectivity index (χ1n) is 6.73. The van der Waals surface area contributed by atoms with E-state index < -0.39 is 16.1 Å². The largest absolute Gasteiger partial charge is 0.323 e. The van der Waals surface area contributed by atoms with Crippen LogP contribution in [0.1, 0.15) is 11.1 Å². The summed E-state index contributed by atoms with van der Waals surface area (Å²) in [7, 11) is -4.24. The lowest BCUT2D eigenvalue weighted by atomic mass is 10.1. The Morgan fingerprint density at radius 3 is 2.35 bits per heavy atom. The highest BCUT2D eigenvalue weighted by molar-refractivity contribution is 7.85. The highest BCUT2D eigenvalue weighted by Crippen LogP contribution is 2.13. The molecule has 0 spiro atoms. The van der Waals surface area contributed by atoms with Gasteiger partial charge in [-0.3, -0.25) is 4.55 Å². The number of urea groups is 1. The molecule has 0 unspecified atom stereocenters. The van der Waals surface area contributed by atoms with E-state index in [0.29, 0.717) is 5.69 Å². The Kier molecular flexibility index (Phi) is 5.15. The van der Waals surface area contributed by atoms with E-state index in [4.69, 9.17) is 4.55 Å². The first-order chi connectivity index (χ1) is 10.9. The Bertz CT molecular complexity index is 827. The molecule has 6 nitrogen and oxygen atoms in total. The number of benzene rings is 2. The van der Waals surface area contributed by atoms with Crippen LogP contribution in [0, 0.1) is 6.92 Å². The molecule has 0 fully saturated rings. The highest BCUT2D eigenvalue weighted by Gasteiger charge is 2.08. The maximum atomic E-state index is 11.7. The van der Waals surface area contributed by atoms with Crippen molar-refractivity contribution in [2.45, 2.75) is 11.8 Å². The number of hydrogen-bond donors (Lipinski definition) is 3. The minimum Gasteiger partial charge on any atom is -0.314 e. The van der Waals surface area contributed by atoms with E-state index in [-0.39, 0.29) is 4.90 Å². The molecule has 0 aliphatic rings. The number of nitrogens with one attached hydrogen (secondary N) is 2. The highest BCUT2D eigenvalue weighted by atomic mass is 32.2. The number of rotatable bonds is 4. The standard InChI is InChI=1S/C16H16N2O4S/c1-12-4-2-3-5-13(12)10-11-17-16(19)18-14-6-8-15(9-7-14)23(20,21)22/h2-11H,1H3,(H2,17,18,19)(H,20,21,22)/b11-10+. The SMILES string of the molecule is Cc1ccccc1/C=C/NC(=O)Nc1ccc(S(=O)(=O)O)cc1. The first kappa shape index (κ1) is 16.7. The van der Waals surface area contributed by atoms with Crippen LogP contribution in [0.5, 0.6) is 0 Å². The summed E-state index contributed by atoms with van der Waals surface area (Å²) in [5.74, 6) is 0. The van der Waals surface area contributed by atoms with E-state index in [9.17, 15) is 13.2 Å². The quantitative estimate of drug-likeness (QED) is 0.750. The summed E-state index contributed by atoms with van der Waals surface area (Å²) in [4.78, 5) is 11.5. The lowest BCUT2D eigenvalue weighted by Gasteiger charge is -2.05. The van der Waals surface area contributed by atoms with Gasteiger partial charge in [-0.05, 0) is 48.4 Å². The molecule has 0 aliphatic carbocycles. The monoisotopic (exact) mass is 332 g/mol. The molecule has 2 amide bonds. The van der Waals surface area contributed by atoms with Crippen LogP contribution in [0.3, 0.4) is 0 Å². The molecule has 0 atom stereocenters. The number of aryl methyl sites for hydroxylation is 1. The van der Waals surface area contributed by atoms with Gasteiger partial charge in [-0.25, -0.2) is 4.79 Å². The fourth-order valence-corrected chi connectivity index (χ4v) is 2.34. The van der Waals surface area contributed by atoms with Crippen molar-refractivity contribution in [1.29, 1.82) is 0 Å². The van der Waals surface area contributed by atoms with Crippen molar-refractivity contribution in [3.05, 3.63) is 65.9 Å². The van der Waals surface area contributed by atoms with Crippen molar-refractivity contribution in [3.8, 4) is 0 Å².